The molecule has 0 N–H and O–H groups in total. The lowest BCUT2D eigenvalue weighted by molar-refractivity contribution is 0.669. The first-order valence-corrected chi connectivity index (χ1v) is 17.3. The Morgan fingerprint density at radius 3 is 1.80 bits per heavy atom. The molecular weight excluding hydrogens is 623 g/mol. The summed E-state index contributed by atoms with van der Waals surface area (Å²) < 4.78 is 10.9. The molecule has 11 aromatic rings. The molecule has 0 saturated carbocycles. The smallest absolute Gasteiger partial charge is 0.138 e. The zero-order valence-electron chi connectivity index (χ0n) is 27.5. The first-order chi connectivity index (χ1) is 25.3. The number of hydrogen-bond donors (Lipinski definition) is 0. The van der Waals surface area contributed by atoms with Crippen LogP contribution in [0.3, 0.4) is 0 Å². The minimum Gasteiger partial charge on any atom is -0.456 e. The summed E-state index contributed by atoms with van der Waals surface area (Å²) in [5.74, 6) is 0.897. The van der Waals surface area contributed by atoms with Gasteiger partial charge >= 0.3 is 0 Å². The summed E-state index contributed by atoms with van der Waals surface area (Å²) in [4.78, 5) is 5.22. The molecule has 0 aliphatic carbocycles. The van der Waals surface area contributed by atoms with E-state index in [0.29, 0.717) is 0 Å². The summed E-state index contributed by atoms with van der Waals surface area (Å²) >= 11 is 0. The van der Waals surface area contributed by atoms with E-state index in [9.17, 15) is 0 Å². The maximum absolute atomic E-state index is 6.14. The summed E-state index contributed by atoms with van der Waals surface area (Å²) in [5.41, 5.74) is 11.9. The first-order valence-electron chi connectivity index (χ1n) is 17.3. The molecule has 0 spiro atoms. The van der Waals surface area contributed by atoms with Crippen LogP contribution in [0.2, 0.25) is 0 Å². The molecule has 0 radical (unpaired) electrons. The largest absolute Gasteiger partial charge is 0.456 e. The molecule has 0 saturated heterocycles. The predicted octanol–water partition coefficient (Wildman–Crippen LogP) is 12.5. The van der Waals surface area contributed by atoms with Gasteiger partial charge in [0.1, 0.15) is 17.0 Å². The molecule has 51 heavy (non-hydrogen) atoms. The Balaban J connectivity index is 1.15. The van der Waals surface area contributed by atoms with E-state index in [2.05, 4.69) is 167 Å². The lowest BCUT2D eigenvalue weighted by Crippen LogP contribution is -1.99. The summed E-state index contributed by atoms with van der Waals surface area (Å²) in [6.07, 6.45) is 0. The summed E-state index contributed by atoms with van der Waals surface area (Å²) in [6, 6.07) is 62.5. The van der Waals surface area contributed by atoms with E-state index in [1.54, 1.807) is 0 Å². The van der Waals surface area contributed by atoms with Crippen LogP contribution in [0.15, 0.2) is 180 Å². The van der Waals surface area contributed by atoms with E-state index in [0.717, 1.165) is 72.4 Å². The highest BCUT2D eigenvalue weighted by Gasteiger charge is 2.19. The topological polar surface area (TPSA) is 35.9 Å². The van der Waals surface area contributed by atoms with Crippen molar-refractivity contribution in [1.29, 1.82) is 0 Å². The summed E-state index contributed by atoms with van der Waals surface area (Å²) in [5, 5.41) is 7.14. The van der Waals surface area contributed by atoms with Crippen LogP contribution >= 0.6 is 0 Å². The molecule has 238 valence electrons. The maximum atomic E-state index is 6.14. The molecule has 0 aliphatic rings. The van der Waals surface area contributed by atoms with Crippen LogP contribution in [0.5, 0.6) is 0 Å². The molecule has 0 unspecified atom stereocenters. The van der Waals surface area contributed by atoms with Crippen molar-refractivity contribution in [2.45, 2.75) is 0 Å². The van der Waals surface area contributed by atoms with Crippen molar-refractivity contribution < 1.29 is 4.42 Å². The van der Waals surface area contributed by atoms with E-state index in [1.165, 1.54) is 27.1 Å². The van der Waals surface area contributed by atoms with Crippen molar-refractivity contribution >= 4 is 65.6 Å². The molecule has 4 nitrogen and oxygen atoms in total. The second-order valence-corrected chi connectivity index (χ2v) is 13.2. The molecule has 0 bridgehead atoms. The molecule has 0 aliphatic heterocycles. The van der Waals surface area contributed by atoms with Crippen LogP contribution < -0.4 is 0 Å². The van der Waals surface area contributed by atoms with Gasteiger partial charge in [-0.1, -0.05) is 109 Å². The van der Waals surface area contributed by atoms with Crippen molar-refractivity contribution in [2.24, 2.45) is 0 Å². The van der Waals surface area contributed by atoms with Gasteiger partial charge in [-0.3, -0.25) is 4.57 Å². The lowest BCUT2D eigenvalue weighted by atomic mass is 10.0. The third-order valence-corrected chi connectivity index (χ3v) is 10.3. The third kappa shape index (κ3) is 4.23. The Labute approximate surface area is 293 Å². The summed E-state index contributed by atoms with van der Waals surface area (Å²) in [7, 11) is 0. The Morgan fingerprint density at radius 2 is 0.980 bits per heavy atom. The van der Waals surface area contributed by atoms with Gasteiger partial charge in [0.05, 0.1) is 27.8 Å². The van der Waals surface area contributed by atoms with E-state index < -0.39 is 0 Å². The Morgan fingerprint density at radius 1 is 0.353 bits per heavy atom. The quantitative estimate of drug-likeness (QED) is 0.190. The number of rotatable bonds is 4. The Bertz CT molecular complexity index is 3140. The van der Waals surface area contributed by atoms with Crippen molar-refractivity contribution in [1.82, 2.24) is 14.1 Å². The second kappa shape index (κ2) is 10.8. The van der Waals surface area contributed by atoms with Gasteiger partial charge in [-0.2, -0.15) is 0 Å². The minimum absolute atomic E-state index is 0.897. The normalized spacial score (nSPS) is 11.9. The number of pyridine rings is 1. The monoisotopic (exact) mass is 651 g/mol. The Kier molecular flexibility index (Phi) is 5.92. The van der Waals surface area contributed by atoms with Gasteiger partial charge in [0, 0.05) is 43.6 Å². The highest BCUT2D eigenvalue weighted by Crippen LogP contribution is 2.40. The highest BCUT2D eigenvalue weighted by molar-refractivity contribution is 6.19. The molecule has 4 heterocycles. The fraction of sp³-hybridized carbons (Fsp3) is 0. The number of fused-ring (bicyclic) bond motifs is 9. The SMILES string of the molecule is c1ccc(-c2cccc(-n3c4ccccc4c4cc5c6ccccc6n(-c6cccc(-c7ccc8oc9ccccc9c8c7)c6)c5cc43)n2)cc1. The maximum Gasteiger partial charge on any atom is 0.138 e. The molecule has 4 heteroatoms. The standard InChI is InChI=1S/C47H29N3O/c1-2-12-30(13-3-1)40-19-11-23-47(48-40)50-42-21-8-5-17-35(42)38-28-37-34-16-4-7-20-41(34)49(43(37)29-44(38)50)33-15-10-14-31(26-33)32-24-25-46-39(27-32)36-18-6-9-22-45(36)51-46/h1-29H. The van der Waals surface area contributed by atoms with Crippen LogP contribution in [0.4, 0.5) is 0 Å². The number of para-hydroxylation sites is 3. The molecule has 7 aromatic carbocycles. The zero-order valence-corrected chi connectivity index (χ0v) is 27.5. The molecule has 0 fully saturated rings. The van der Waals surface area contributed by atoms with Crippen molar-refractivity contribution in [3.63, 3.8) is 0 Å². The minimum atomic E-state index is 0.897. The van der Waals surface area contributed by atoms with Gasteiger partial charge in [0.2, 0.25) is 0 Å². The fourth-order valence-corrected chi connectivity index (χ4v) is 8.00. The zero-order chi connectivity index (χ0) is 33.5. The van der Waals surface area contributed by atoms with Gasteiger partial charge < -0.3 is 8.98 Å². The number of furan rings is 1. The number of nitrogens with zero attached hydrogens (tertiary/aromatic N) is 3. The van der Waals surface area contributed by atoms with Crippen molar-refractivity contribution in [3.8, 4) is 33.9 Å². The average Bonchev–Trinajstić information content (AvgIpc) is 3.84. The number of aromatic nitrogens is 3. The predicted molar refractivity (Wildman–Crippen MR) is 211 cm³/mol. The van der Waals surface area contributed by atoms with E-state index in [4.69, 9.17) is 9.40 Å². The van der Waals surface area contributed by atoms with Crippen LogP contribution in [0.25, 0.3) is 99.4 Å². The molecule has 4 aromatic heterocycles. The molecule has 0 atom stereocenters. The van der Waals surface area contributed by atoms with E-state index in [1.807, 2.05) is 18.2 Å². The van der Waals surface area contributed by atoms with Gasteiger partial charge in [0.25, 0.3) is 0 Å². The Hall–Kier alpha value is -6.91. The van der Waals surface area contributed by atoms with Crippen LogP contribution in [-0.4, -0.2) is 14.1 Å². The van der Waals surface area contributed by atoms with Crippen LogP contribution in [-0.2, 0) is 0 Å². The summed E-state index contributed by atoms with van der Waals surface area (Å²) in [6.45, 7) is 0. The second-order valence-electron chi connectivity index (χ2n) is 13.2. The van der Waals surface area contributed by atoms with Gasteiger partial charge in [0.15, 0.2) is 0 Å². The van der Waals surface area contributed by atoms with Crippen molar-refractivity contribution in [3.05, 3.63) is 176 Å². The van der Waals surface area contributed by atoms with E-state index >= 15 is 0 Å². The molecule has 11 rings (SSSR count). The average molecular weight is 652 g/mol. The van der Waals surface area contributed by atoms with Crippen LogP contribution in [0, 0.1) is 0 Å². The van der Waals surface area contributed by atoms with Gasteiger partial charge in [-0.25, -0.2) is 4.98 Å². The fourth-order valence-electron chi connectivity index (χ4n) is 8.00. The third-order valence-electron chi connectivity index (χ3n) is 10.3. The van der Waals surface area contributed by atoms with Crippen molar-refractivity contribution in [2.75, 3.05) is 0 Å². The van der Waals surface area contributed by atoms with E-state index in [-0.39, 0.29) is 0 Å². The van der Waals surface area contributed by atoms with Gasteiger partial charge in [-0.15, -0.1) is 0 Å². The molecule has 0 amide bonds. The molecular formula is C47H29N3O. The van der Waals surface area contributed by atoms with Crippen LogP contribution in [0.1, 0.15) is 0 Å². The lowest BCUT2D eigenvalue weighted by Gasteiger charge is -2.12. The highest BCUT2D eigenvalue weighted by atomic mass is 16.3. The number of benzene rings is 7. The number of hydrogen-bond acceptors (Lipinski definition) is 2. The first kappa shape index (κ1) is 28.0. The van der Waals surface area contributed by atoms with Gasteiger partial charge in [-0.05, 0) is 77.9 Å².